The van der Waals surface area contributed by atoms with Crippen molar-refractivity contribution in [2.24, 2.45) is 0 Å². The number of hydrogen-bond acceptors (Lipinski definition) is 6. The van der Waals surface area contributed by atoms with Crippen LogP contribution in [0, 0.1) is 11.6 Å². The average molecular weight is 913 g/mol. The van der Waals surface area contributed by atoms with E-state index in [2.05, 4.69) is 98.3 Å². The van der Waals surface area contributed by atoms with Gasteiger partial charge in [-0.25, -0.2) is 28.1 Å². The molecule has 7 rings (SSSR count). The fraction of sp³-hybridized carbons (Fsp3) is 0.128. The smallest absolute Gasteiger partial charge is 0.423 e. The van der Waals surface area contributed by atoms with E-state index in [9.17, 15) is 8.78 Å². The highest BCUT2D eigenvalue weighted by Crippen LogP contribution is 2.21. The van der Waals surface area contributed by atoms with Crippen molar-refractivity contribution in [1.82, 2.24) is 29.5 Å². The van der Waals surface area contributed by atoms with Crippen LogP contribution in [0.5, 0.6) is 0 Å². The number of hydrogen-bond donors (Lipinski definition) is 2. The number of benzene rings is 5. The second kappa shape index (κ2) is 24.1. The molecule has 0 saturated heterocycles. The third kappa shape index (κ3) is 16.5. The highest BCUT2D eigenvalue weighted by Gasteiger charge is 2.09. The highest BCUT2D eigenvalue weighted by molar-refractivity contribution is 9.10. The molecule has 53 heavy (non-hydrogen) atoms. The summed E-state index contributed by atoms with van der Waals surface area (Å²) in [5.74, 6) is -0.605. The van der Waals surface area contributed by atoms with Crippen LogP contribution in [0.4, 0.5) is 8.78 Å². The van der Waals surface area contributed by atoms with Gasteiger partial charge in [-0.2, -0.15) is 10.2 Å². The molecule has 0 fully saturated rings. The molecule has 0 radical (unpaired) electrons. The van der Waals surface area contributed by atoms with Gasteiger partial charge >= 0.3 is 7.12 Å². The summed E-state index contributed by atoms with van der Waals surface area (Å²) in [5.41, 5.74) is 6.00. The van der Waals surface area contributed by atoms with Crippen LogP contribution in [0.15, 0.2) is 156 Å². The number of aromatic nitrogens is 6. The number of halogens is 5. The zero-order chi connectivity index (χ0) is 36.4. The maximum atomic E-state index is 12.9. The highest BCUT2D eigenvalue weighted by atomic mass is 79.9. The average Bonchev–Trinajstić information content (AvgIpc) is 3.85. The lowest BCUT2D eigenvalue weighted by Gasteiger charge is -2.05. The van der Waals surface area contributed by atoms with Gasteiger partial charge in [-0.15, -0.1) is 0 Å². The first-order valence-corrected chi connectivity index (χ1v) is 18.1. The summed E-state index contributed by atoms with van der Waals surface area (Å²) in [7, 11) is -1.51. The maximum absolute atomic E-state index is 12.9. The summed E-state index contributed by atoms with van der Waals surface area (Å²) in [6, 6.07) is 36.0. The zero-order valence-corrected chi connectivity index (χ0v) is 31.8. The van der Waals surface area contributed by atoms with Crippen molar-refractivity contribution in [2.75, 3.05) is 0 Å². The molecule has 0 saturated carbocycles. The Morgan fingerprint density at radius 1 is 0.566 bits per heavy atom. The Labute approximate surface area is 335 Å². The lowest BCUT2D eigenvalue weighted by Crippen LogP contribution is -2.29. The molecule has 0 spiro atoms. The topological polar surface area (TPSA) is 102 Å². The van der Waals surface area contributed by atoms with Crippen molar-refractivity contribution in [3.8, 4) is 11.1 Å². The van der Waals surface area contributed by atoms with Crippen LogP contribution in [-0.4, -0.2) is 46.7 Å². The molecular formula is C39H40BBr3F2N6O2. The second-order valence-corrected chi connectivity index (χ2v) is 13.1. The van der Waals surface area contributed by atoms with Gasteiger partial charge in [0.1, 0.15) is 36.9 Å². The van der Waals surface area contributed by atoms with Crippen LogP contribution in [0.25, 0.3) is 11.1 Å². The Morgan fingerprint density at radius 2 is 1.02 bits per heavy atom. The van der Waals surface area contributed by atoms with E-state index in [1.54, 1.807) is 34.2 Å². The van der Waals surface area contributed by atoms with Crippen molar-refractivity contribution >= 4 is 60.4 Å². The van der Waals surface area contributed by atoms with E-state index < -0.39 is 7.12 Å². The van der Waals surface area contributed by atoms with Crippen molar-refractivity contribution in [1.29, 1.82) is 0 Å². The SMILES string of the molecule is BrCc1cccc(Br)c1.Brc1cccc(Cn2cncn2)c1.C.C.Fc1ccc(-c2cccc(Cn3cncn3)c2)cc1.OB(O)c1ccc(F)cc1. The Kier molecular flexibility index (Phi) is 20.4. The molecule has 2 N–H and O–H groups in total. The minimum absolute atomic E-state index is 0. The fourth-order valence-corrected chi connectivity index (χ4v) is 5.63. The van der Waals surface area contributed by atoms with E-state index in [1.807, 2.05) is 42.5 Å². The van der Waals surface area contributed by atoms with Crippen LogP contribution < -0.4 is 5.46 Å². The van der Waals surface area contributed by atoms with Crippen LogP contribution in [-0.2, 0) is 18.4 Å². The predicted molar refractivity (Wildman–Crippen MR) is 221 cm³/mol. The Bertz CT molecular complexity index is 2020. The van der Waals surface area contributed by atoms with Gasteiger partial charge in [0.25, 0.3) is 0 Å². The van der Waals surface area contributed by atoms with Crippen LogP contribution in [0.2, 0.25) is 0 Å². The van der Waals surface area contributed by atoms with E-state index in [0.717, 1.165) is 37.5 Å². The summed E-state index contributed by atoms with van der Waals surface area (Å²) in [6.45, 7) is 1.44. The van der Waals surface area contributed by atoms with Crippen LogP contribution >= 0.6 is 47.8 Å². The Balaban J connectivity index is 0.000000253. The summed E-state index contributed by atoms with van der Waals surface area (Å²) in [6.07, 6.45) is 6.45. The molecule has 5 aromatic carbocycles. The van der Waals surface area contributed by atoms with Crippen molar-refractivity contribution in [3.05, 3.63) is 184 Å². The van der Waals surface area contributed by atoms with Gasteiger partial charge < -0.3 is 10.0 Å². The first kappa shape index (κ1) is 44.8. The quantitative estimate of drug-likeness (QED) is 0.122. The van der Waals surface area contributed by atoms with Gasteiger partial charge in [-0.3, -0.25) is 0 Å². The van der Waals surface area contributed by atoms with Gasteiger partial charge in [0.2, 0.25) is 0 Å². The Hall–Kier alpha value is -4.34. The molecule has 14 heteroatoms. The summed E-state index contributed by atoms with van der Waals surface area (Å²) >= 11 is 10.2. The monoisotopic (exact) mass is 910 g/mol. The van der Waals surface area contributed by atoms with Crippen LogP contribution in [0.1, 0.15) is 31.5 Å². The molecule has 2 heterocycles. The van der Waals surface area contributed by atoms with Crippen molar-refractivity contribution in [2.45, 2.75) is 33.3 Å². The van der Waals surface area contributed by atoms with Gasteiger partial charge in [-0.05, 0) is 87.9 Å². The molecule has 0 aliphatic heterocycles. The zero-order valence-electron chi connectivity index (χ0n) is 27.0. The Morgan fingerprint density at radius 3 is 1.45 bits per heavy atom. The van der Waals surface area contributed by atoms with E-state index in [4.69, 9.17) is 10.0 Å². The molecule has 0 aliphatic carbocycles. The fourth-order valence-electron chi connectivity index (χ4n) is 4.38. The van der Waals surface area contributed by atoms with Crippen molar-refractivity contribution in [3.63, 3.8) is 0 Å². The molecule has 276 valence electrons. The van der Waals surface area contributed by atoms with Gasteiger partial charge in [0.05, 0.1) is 13.1 Å². The molecule has 7 aromatic rings. The van der Waals surface area contributed by atoms with Crippen LogP contribution in [0.3, 0.4) is 0 Å². The molecule has 0 atom stereocenters. The molecule has 2 aromatic heterocycles. The number of nitrogens with zero attached hydrogens (tertiary/aromatic N) is 6. The maximum Gasteiger partial charge on any atom is 0.488 e. The lowest BCUT2D eigenvalue weighted by atomic mass is 9.80. The molecule has 8 nitrogen and oxygen atoms in total. The number of rotatable bonds is 7. The molecule has 0 amide bonds. The minimum Gasteiger partial charge on any atom is -0.423 e. The van der Waals surface area contributed by atoms with Gasteiger partial charge in [0, 0.05) is 14.3 Å². The molecule has 0 aliphatic rings. The standard InChI is InChI=1S/C15H12FN3.C9H8BrN3.C7H6Br2.C6H6BFO2.2CH4/c16-15-6-4-13(5-7-15)14-3-1-2-12(8-14)9-19-11-17-10-18-19;10-9-3-1-2-8(4-9)5-13-7-11-6-12-13;8-5-6-2-1-3-7(9)4-6;8-6-3-1-5(2-4-6)7(9)10;;/h1-8,10-11H,9H2;1-4,6-7H,5H2;1-4H,5H2;1-4,9-10H;2*1H4. The number of alkyl halides is 1. The van der Waals surface area contributed by atoms with Crippen molar-refractivity contribution < 1.29 is 18.8 Å². The first-order valence-electron chi connectivity index (χ1n) is 15.3. The lowest BCUT2D eigenvalue weighted by molar-refractivity contribution is 0.425. The van der Waals surface area contributed by atoms with E-state index in [-0.39, 0.29) is 26.5 Å². The third-order valence-corrected chi connectivity index (χ3v) is 8.46. The molecule has 0 unspecified atom stereocenters. The second-order valence-electron chi connectivity index (χ2n) is 10.7. The van der Waals surface area contributed by atoms with E-state index in [1.165, 1.54) is 60.2 Å². The first-order chi connectivity index (χ1) is 24.7. The predicted octanol–water partition coefficient (Wildman–Crippen LogP) is 9.34. The van der Waals surface area contributed by atoms with Gasteiger partial charge in [-0.1, -0.05) is 129 Å². The normalized spacial score (nSPS) is 9.72. The third-order valence-electron chi connectivity index (χ3n) is 6.83. The summed E-state index contributed by atoms with van der Waals surface area (Å²) in [4.78, 5) is 7.80. The molecular weight excluding hydrogens is 873 g/mol. The molecule has 0 bridgehead atoms. The van der Waals surface area contributed by atoms with E-state index in [0.29, 0.717) is 12.0 Å². The van der Waals surface area contributed by atoms with Gasteiger partial charge in [0.15, 0.2) is 0 Å². The minimum atomic E-state index is -1.51. The summed E-state index contributed by atoms with van der Waals surface area (Å²) < 4.78 is 30.9. The largest absolute Gasteiger partial charge is 0.488 e. The summed E-state index contributed by atoms with van der Waals surface area (Å²) in [5, 5.41) is 26.1. The van der Waals surface area contributed by atoms with E-state index >= 15 is 0 Å².